The number of halogens is 3. The van der Waals surface area contributed by atoms with Gasteiger partial charge < -0.3 is 0 Å². The maximum atomic E-state index is 12.7. The van der Waals surface area contributed by atoms with Crippen LogP contribution < -0.4 is 5.43 Å². The smallest absolute Gasteiger partial charge is 0.264 e. The van der Waals surface area contributed by atoms with Gasteiger partial charge in [-0.1, -0.05) is 19.9 Å². The molecule has 3 heterocycles. The molecule has 3 aromatic rings. The van der Waals surface area contributed by atoms with Gasteiger partial charge in [-0.15, -0.1) is 0 Å². The fourth-order valence-electron chi connectivity index (χ4n) is 2.37. The molecule has 0 fully saturated rings. The van der Waals surface area contributed by atoms with E-state index in [0.717, 1.165) is 6.07 Å². The predicted molar refractivity (Wildman–Crippen MR) is 89.3 cm³/mol. The number of nitrogens with one attached hydrogen (secondary N) is 1. The Balaban J connectivity index is 1.79. The van der Waals surface area contributed by atoms with E-state index in [1.54, 1.807) is 26.0 Å². The fraction of sp³-hybridized carbons (Fsp3) is 0.235. The number of carbonyl (C=O) groups is 1. The summed E-state index contributed by atoms with van der Waals surface area (Å²) in [5.41, 5.74) is 1.92. The number of nitrogens with zero attached hydrogens (tertiary/aromatic N) is 5. The Morgan fingerprint density at radius 1 is 1.04 bits per heavy atom. The molecule has 0 atom stereocenters. The molecule has 0 aliphatic carbocycles. The lowest BCUT2D eigenvalue weighted by Gasteiger charge is -2.23. The first-order valence-electron chi connectivity index (χ1n) is 7.86. The molecular formula is C17H15F3N6O. The van der Waals surface area contributed by atoms with Crippen LogP contribution in [0.4, 0.5) is 13.2 Å². The Kier molecular flexibility index (Phi) is 4.64. The lowest BCUT2D eigenvalue weighted by Crippen LogP contribution is -2.27. The van der Waals surface area contributed by atoms with E-state index in [2.05, 4.69) is 25.5 Å². The molecular weight excluding hydrogens is 361 g/mol. The van der Waals surface area contributed by atoms with Crippen molar-refractivity contribution in [3.63, 3.8) is 0 Å². The molecule has 140 valence electrons. The zero-order valence-corrected chi connectivity index (χ0v) is 14.4. The lowest BCUT2D eigenvalue weighted by atomic mass is 9.82. The quantitative estimate of drug-likeness (QED) is 0.757. The summed E-state index contributed by atoms with van der Waals surface area (Å²) in [6, 6.07) is 5.54. The number of hydrogen-bond acceptors (Lipinski definition) is 5. The van der Waals surface area contributed by atoms with Crippen LogP contribution in [0.25, 0.3) is 0 Å². The molecule has 0 aliphatic rings. The number of alkyl halides is 3. The average molecular weight is 376 g/mol. The van der Waals surface area contributed by atoms with E-state index in [0.29, 0.717) is 11.3 Å². The van der Waals surface area contributed by atoms with Crippen LogP contribution in [0.3, 0.4) is 0 Å². The van der Waals surface area contributed by atoms with Gasteiger partial charge >= 0.3 is 12.1 Å². The Bertz CT molecular complexity index is 935. The van der Waals surface area contributed by atoms with Crippen molar-refractivity contribution in [2.24, 2.45) is 0 Å². The molecule has 1 amide bonds. The third-order valence-electron chi connectivity index (χ3n) is 3.99. The van der Waals surface area contributed by atoms with E-state index in [1.807, 2.05) is 0 Å². The monoisotopic (exact) mass is 376 g/mol. The first-order chi connectivity index (χ1) is 12.7. The Morgan fingerprint density at radius 3 is 2.33 bits per heavy atom. The SMILES string of the molecule is CC(C)(c1ccc(C(F)(F)F)nc1)c1ccn(NC(=O)c2ncccn2)n1. The van der Waals surface area contributed by atoms with Crippen LogP contribution in [0, 0.1) is 0 Å². The van der Waals surface area contributed by atoms with Crippen LogP contribution in [0.2, 0.25) is 0 Å². The zero-order valence-electron chi connectivity index (χ0n) is 14.4. The predicted octanol–water partition coefficient (Wildman–Crippen LogP) is 2.80. The van der Waals surface area contributed by atoms with Gasteiger partial charge in [-0.3, -0.25) is 9.78 Å². The fourth-order valence-corrected chi connectivity index (χ4v) is 2.37. The molecule has 0 bridgehead atoms. The van der Waals surface area contributed by atoms with Crippen LogP contribution in [0.15, 0.2) is 49.1 Å². The molecule has 27 heavy (non-hydrogen) atoms. The number of carbonyl (C=O) groups excluding carboxylic acids is 1. The van der Waals surface area contributed by atoms with Gasteiger partial charge in [0, 0.05) is 30.2 Å². The van der Waals surface area contributed by atoms with Crippen molar-refractivity contribution in [2.45, 2.75) is 25.4 Å². The minimum absolute atomic E-state index is 0.0132. The Morgan fingerprint density at radius 2 is 1.74 bits per heavy atom. The third-order valence-corrected chi connectivity index (χ3v) is 3.99. The minimum atomic E-state index is -4.49. The summed E-state index contributed by atoms with van der Waals surface area (Å²) in [6.07, 6.45) is 1.09. The van der Waals surface area contributed by atoms with Crippen molar-refractivity contribution >= 4 is 5.91 Å². The van der Waals surface area contributed by atoms with Crippen molar-refractivity contribution in [3.8, 4) is 0 Å². The second kappa shape index (κ2) is 6.78. The highest BCUT2D eigenvalue weighted by molar-refractivity contribution is 5.96. The molecule has 0 spiro atoms. The van der Waals surface area contributed by atoms with Crippen molar-refractivity contribution in [2.75, 3.05) is 5.43 Å². The number of aromatic nitrogens is 5. The molecule has 0 aromatic carbocycles. The number of pyridine rings is 1. The normalized spacial score (nSPS) is 12.0. The first-order valence-corrected chi connectivity index (χ1v) is 7.86. The summed E-state index contributed by atoms with van der Waals surface area (Å²) in [5.74, 6) is -0.556. The van der Waals surface area contributed by atoms with Gasteiger partial charge in [0.05, 0.1) is 5.69 Å². The average Bonchev–Trinajstić information content (AvgIpc) is 3.11. The van der Waals surface area contributed by atoms with Crippen LogP contribution in [-0.2, 0) is 11.6 Å². The molecule has 1 N–H and O–H groups in total. The van der Waals surface area contributed by atoms with Gasteiger partial charge in [0.15, 0.2) is 0 Å². The van der Waals surface area contributed by atoms with E-state index in [9.17, 15) is 18.0 Å². The van der Waals surface area contributed by atoms with Crippen molar-refractivity contribution in [1.29, 1.82) is 0 Å². The summed E-state index contributed by atoms with van der Waals surface area (Å²) < 4.78 is 38.0. The Labute approximate surface area is 152 Å². The first kappa shape index (κ1) is 18.5. The van der Waals surface area contributed by atoms with Gasteiger partial charge in [0.25, 0.3) is 0 Å². The summed E-state index contributed by atoms with van der Waals surface area (Å²) in [4.78, 5) is 24.4. The molecule has 7 nitrogen and oxygen atoms in total. The second-order valence-electron chi connectivity index (χ2n) is 6.21. The minimum Gasteiger partial charge on any atom is -0.264 e. The van der Waals surface area contributed by atoms with Crippen LogP contribution in [0.5, 0.6) is 0 Å². The molecule has 3 aromatic heterocycles. The number of rotatable bonds is 4. The second-order valence-corrected chi connectivity index (χ2v) is 6.21. The van der Waals surface area contributed by atoms with Gasteiger partial charge in [-0.05, 0) is 23.8 Å². The Hall–Kier alpha value is -3.30. The van der Waals surface area contributed by atoms with Gasteiger partial charge in [0.1, 0.15) is 5.69 Å². The molecule has 0 radical (unpaired) electrons. The molecule has 3 rings (SSSR count). The van der Waals surface area contributed by atoms with E-state index in [4.69, 9.17) is 0 Å². The standard InChI is InChI=1S/C17H15F3N6O/c1-16(2,11-4-5-13(23-10-11)17(18,19)20)12-6-9-26(24-12)25-15(27)14-21-7-3-8-22-14/h3-10H,1-2H3,(H,25,27). The zero-order chi connectivity index (χ0) is 19.7. The van der Waals surface area contributed by atoms with Crippen molar-refractivity contribution in [1.82, 2.24) is 24.8 Å². The van der Waals surface area contributed by atoms with Crippen LogP contribution in [0.1, 0.15) is 41.4 Å². The summed E-state index contributed by atoms with van der Waals surface area (Å²) >= 11 is 0. The topological polar surface area (TPSA) is 85.6 Å². The van der Waals surface area contributed by atoms with Gasteiger partial charge in [0.2, 0.25) is 5.82 Å². The highest BCUT2D eigenvalue weighted by atomic mass is 19.4. The largest absolute Gasteiger partial charge is 0.433 e. The third kappa shape index (κ3) is 3.94. The molecule has 10 heteroatoms. The number of hydrogen-bond donors (Lipinski definition) is 1. The van der Waals surface area contributed by atoms with E-state index >= 15 is 0 Å². The summed E-state index contributed by atoms with van der Waals surface area (Å²) in [6.45, 7) is 3.60. The van der Waals surface area contributed by atoms with E-state index < -0.39 is 23.2 Å². The van der Waals surface area contributed by atoms with Gasteiger partial charge in [-0.25, -0.2) is 15.4 Å². The molecule has 0 saturated carbocycles. The molecule has 0 unspecified atom stereocenters. The summed E-state index contributed by atoms with van der Waals surface area (Å²) in [7, 11) is 0. The van der Waals surface area contributed by atoms with E-state index in [1.165, 1.54) is 35.6 Å². The summed E-state index contributed by atoms with van der Waals surface area (Å²) in [5, 5.41) is 4.27. The number of amides is 1. The molecule has 0 aliphatic heterocycles. The van der Waals surface area contributed by atoms with E-state index in [-0.39, 0.29) is 5.82 Å². The van der Waals surface area contributed by atoms with Crippen molar-refractivity contribution < 1.29 is 18.0 Å². The maximum absolute atomic E-state index is 12.7. The highest BCUT2D eigenvalue weighted by Crippen LogP contribution is 2.32. The molecule has 0 saturated heterocycles. The lowest BCUT2D eigenvalue weighted by molar-refractivity contribution is -0.141. The van der Waals surface area contributed by atoms with Crippen LogP contribution >= 0.6 is 0 Å². The van der Waals surface area contributed by atoms with Crippen molar-refractivity contribution in [3.05, 3.63) is 71.8 Å². The highest BCUT2D eigenvalue weighted by Gasteiger charge is 2.33. The van der Waals surface area contributed by atoms with Crippen LogP contribution in [-0.4, -0.2) is 30.7 Å². The van der Waals surface area contributed by atoms with Gasteiger partial charge in [-0.2, -0.15) is 23.1 Å². The maximum Gasteiger partial charge on any atom is 0.433 e.